The first-order chi connectivity index (χ1) is 13.3. The quantitative estimate of drug-likeness (QED) is 0.860. The third-order valence-corrected chi connectivity index (χ3v) is 6.11. The van der Waals surface area contributed by atoms with Gasteiger partial charge in [0.15, 0.2) is 6.10 Å². The number of carbonyl (C=O) groups is 2. The van der Waals surface area contributed by atoms with Gasteiger partial charge < -0.3 is 20.3 Å². The standard InChI is InChI=1S/C22H33N3O3/c1-16-7-6-8-18(15-16)28-17(2)20(26)24-11-13-25(14-12-24)21(27)19-9-4-5-10-22(19,3)23/h6-8,15,17,19H,4-5,9-14,23H2,1-3H3. The van der Waals surface area contributed by atoms with Crippen LogP contribution in [-0.2, 0) is 9.59 Å². The highest BCUT2D eigenvalue weighted by Gasteiger charge is 2.40. The molecule has 1 heterocycles. The van der Waals surface area contributed by atoms with Crippen LogP contribution in [0.4, 0.5) is 0 Å². The van der Waals surface area contributed by atoms with E-state index in [1.165, 1.54) is 0 Å². The van der Waals surface area contributed by atoms with Gasteiger partial charge in [-0.25, -0.2) is 0 Å². The van der Waals surface area contributed by atoms with E-state index in [1.807, 2.05) is 43.0 Å². The van der Waals surface area contributed by atoms with Crippen LogP contribution < -0.4 is 10.5 Å². The molecule has 3 unspecified atom stereocenters. The van der Waals surface area contributed by atoms with Crippen molar-refractivity contribution in [1.29, 1.82) is 0 Å². The first kappa shape index (κ1) is 20.6. The Labute approximate surface area is 168 Å². The lowest BCUT2D eigenvalue weighted by molar-refractivity contribution is -0.147. The zero-order valence-electron chi connectivity index (χ0n) is 17.3. The van der Waals surface area contributed by atoms with Crippen LogP contribution in [0.1, 0.15) is 45.1 Å². The van der Waals surface area contributed by atoms with Crippen LogP contribution in [0.2, 0.25) is 0 Å². The first-order valence-corrected chi connectivity index (χ1v) is 10.4. The maximum absolute atomic E-state index is 13.0. The summed E-state index contributed by atoms with van der Waals surface area (Å²) >= 11 is 0. The molecular formula is C22H33N3O3. The summed E-state index contributed by atoms with van der Waals surface area (Å²) in [6.45, 7) is 7.99. The minimum Gasteiger partial charge on any atom is -0.481 e. The summed E-state index contributed by atoms with van der Waals surface area (Å²) in [5.74, 6) is 0.720. The minimum atomic E-state index is -0.547. The number of nitrogens with two attached hydrogens (primary N) is 1. The van der Waals surface area contributed by atoms with Crippen molar-refractivity contribution in [2.24, 2.45) is 11.7 Å². The Hall–Kier alpha value is -2.08. The molecule has 3 rings (SSSR count). The largest absolute Gasteiger partial charge is 0.481 e. The van der Waals surface area contributed by atoms with Gasteiger partial charge in [-0.3, -0.25) is 9.59 Å². The summed E-state index contributed by atoms with van der Waals surface area (Å²) in [5, 5.41) is 0. The first-order valence-electron chi connectivity index (χ1n) is 10.4. The third kappa shape index (κ3) is 4.66. The molecule has 1 aliphatic carbocycles. The van der Waals surface area contributed by atoms with Crippen molar-refractivity contribution < 1.29 is 14.3 Å². The van der Waals surface area contributed by atoms with Gasteiger partial charge in [0, 0.05) is 31.7 Å². The zero-order valence-corrected chi connectivity index (χ0v) is 17.3. The second-order valence-corrected chi connectivity index (χ2v) is 8.53. The van der Waals surface area contributed by atoms with Crippen molar-refractivity contribution in [2.45, 2.75) is 58.1 Å². The molecule has 0 bridgehead atoms. The van der Waals surface area contributed by atoms with E-state index >= 15 is 0 Å². The molecule has 2 fully saturated rings. The molecular weight excluding hydrogens is 354 g/mol. The van der Waals surface area contributed by atoms with Crippen molar-refractivity contribution in [3.63, 3.8) is 0 Å². The molecule has 6 heteroatoms. The lowest BCUT2D eigenvalue weighted by atomic mass is 9.74. The number of amides is 2. The van der Waals surface area contributed by atoms with Crippen LogP contribution in [0.3, 0.4) is 0 Å². The van der Waals surface area contributed by atoms with Gasteiger partial charge in [0.1, 0.15) is 5.75 Å². The fraction of sp³-hybridized carbons (Fsp3) is 0.636. The van der Waals surface area contributed by atoms with Crippen molar-refractivity contribution >= 4 is 11.8 Å². The lowest BCUT2D eigenvalue weighted by Crippen LogP contribution is -2.58. The van der Waals surface area contributed by atoms with Gasteiger partial charge in [-0.1, -0.05) is 25.0 Å². The van der Waals surface area contributed by atoms with Crippen LogP contribution in [0, 0.1) is 12.8 Å². The molecule has 3 atom stereocenters. The van der Waals surface area contributed by atoms with E-state index in [4.69, 9.17) is 10.5 Å². The predicted octanol–water partition coefficient (Wildman–Crippen LogP) is 2.34. The number of rotatable bonds is 4. The molecule has 2 amide bonds. The normalized spacial score (nSPS) is 26.6. The summed E-state index contributed by atoms with van der Waals surface area (Å²) in [7, 11) is 0. The van der Waals surface area contributed by atoms with E-state index in [0.29, 0.717) is 31.9 Å². The smallest absolute Gasteiger partial charge is 0.263 e. The van der Waals surface area contributed by atoms with E-state index in [1.54, 1.807) is 11.8 Å². The minimum absolute atomic E-state index is 0.0325. The number of benzene rings is 1. The van der Waals surface area contributed by atoms with Crippen LogP contribution in [0.25, 0.3) is 0 Å². The van der Waals surface area contributed by atoms with Crippen LogP contribution >= 0.6 is 0 Å². The average molecular weight is 388 g/mol. The third-order valence-electron chi connectivity index (χ3n) is 6.11. The summed E-state index contributed by atoms with van der Waals surface area (Å²) in [5.41, 5.74) is 7.08. The molecule has 28 heavy (non-hydrogen) atoms. The van der Waals surface area contributed by atoms with Crippen molar-refractivity contribution in [3.8, 4) is 5.75 Å². The van der Waals surface area contributed by atoms with Gasteiger partial charge in [-0.2, -0.15) is 0 Å². The van der Waals surface area contributed by atoms with Crippen molar-refractivity contribution in [3.05, 3.63) is 29.8 Å². The van der Waals surface area contributed by atoms with Gasteiger partial charge in [-0.15, -0.1) is 0 Å². The second kappa shape index (κ2) is 8.52. The predicted molar refractivity (Wildman–Crippen MR) is 109 cm³/mol. The van der Waals surface area contributed by atoms with E-state index in [9.17, 15) is 9.59 Å². The molecule has 1 aromatic carbocycles. The Morgan fingerprint density at radius 3 is 2.50 bits per heavy atom. The Morgan fingerprint density at radius 1 is 1.18 bits per heavy atom. The number of ether oxygens (including phenoxy) is 1. The summed E-state index contributed by atoms with van der Waals surface area (Å²) in [4.78, 5) is 29.4. The highest BCUT2D eigenvalue weighted by molar-refractivity contribution is 5.83. The van der Waals surface area contributed by atoms with E-state index in [0.717, 1.165) is 31.2 Å². The number of aryl methyl sites for hydroxylation is 1. The topological polar surface area (TPSA) is 75.9 Å². The van der Waals surface area contributed by atoms with Gasteiger partial charge in [0.2, 0.25) is 5.91 Å². The molecule has 2 N–H and O–H groups in total. The van der Waals surface area contributed by atoms with E-state index in [2.05, 4.69) is 0 Å². The van der Waals surface area contributed by atoms with E-state index in [-0.39, 0.29) is 17.7 Å². The second-order valence-electron chi connectivity index (χ2n) is 8.53. The summed E-state index contributed by atoms with van der Waals surface area (Å²) in [6.07, 6.45) is 3.38. The molecule has 0 radical (unpaired) electrons. The molecule has 1 aromatic rings. The number of hydrogen-bond donors (Lipinski definition) is 1. The Balaban J connectivity index is 1.53. The molecule has 1 saturated carbocycles. The highest BCUT2D eigenvalue weighted by atomic mass is 16.5. The number of nitrogens with zero attached hydrogens (tertiary/aromatic N) is 2. The van der Waals surface area contributed by atoms with E-state index < -0.39 is 11.6 Å². The Kier molecular flexibility index (Phi) is 6.28. The van der Waals surface area contributed by atoms with Gasteiger partial charge >= 0.3 is 0 Å². The molecule has 2 aliphatic rings. The van der Waals surface area contributed by atoms with Crippen LogP contribution in [0.5, 0.6) is 5.75 Å². The highest BCUT2D eigenvalue weighted by Crippen LogP contribution is 2.33. The number of carbonyl (C=O) groups excluding carboxylic acids is 2. The summed E-state index contributed by atoms with van der Waals surface area (Å²) < 4.78 is 5.82. The maximum Gasteiger partial charge on any atom is 0.263 e. The molecule has 1 aliphatic heterocycles. The SMILES string of the molecule is Cc1cccc(OC(C)C(=O)N2CCN(C(=O)C3CCCCC3(C)N)CC2)c1. The Bertz CT molecular complexity index is 711. The average Bonchev–Trinajstić information content (AvgIpc) is 2.66. The van der Waals surface area contributed by atoms with Crippen molar-refractivity contribution in [2.75, 3.05) is 26.2 Å². The number of piperazine rings is 1. The molecule has 154 valence electrons. The molecule has 6 nitrogen and oxygen atoms in total. The van der Waals surface area contributed by atoms with Crippen molar-refractivity contribution in [1.82, 2.24) is 9.80 Å². The fourth-order valence-corrected chi connectivity index (χ4v) is 4.33. The van der Waals surface area contributed by atoms with Gasteiger partial charge in [-0.05, 0) is 51.3 Å². The lowest BCUT2D eigenvalue weighted by Gasteiger charge is -2.42. The summed E-state index contributed by atoms with van der Waals surface area (Å²) in [6, 6.07) is 7.70. The maximum atomic E-state index is 13.0. The Morgan fingerprint density at radius 2 is 1.86 bits per heavy atom. The molecule has 1 saturated heterocycles. The molecule has 0 aromatic heterocycles. The molecule has 0 spiro atoms. The monoisotopic (exact) mass is 387 g/mol. The van der Waals surface area contributed by atoms with Gasteiger partial charge in [0.05, 0.1) is 5.92 Å². The fourth-order valence-electron chi connectivity index (χ4n) is 4.33. The van der Waals surface area contributed by atoms with Crippen LogP contribution in [0.15, 0.2) is 24.3 Å². The zero-order chi connectivity index (χ0) is 20.3. The van der Waals surface area contributed by atoms with Crippen LogP contribution in [-0.4, -0.2) is 59.4 Å². The van der Waals surface area contributed by atoms with Gasteiger partial charge in [0.25, 0.3) is 5.91 Å². The number of hydrogen-bond acceptors (Lipinski definition) is 4.